The Kier molecular flexibility index (Phi) is 24.2. The summed E-state index contributed by atoms with van der Waals surface area (Å²) < 4.78 is 16.5. The Morgan fingerprint density at radius 3 is 1.77 bits per heavy atom. The number of likely N-dealkylation sites (N-methyl/N-ethyl adjacent to an activating group) is 2. The van der Waals surface area contributed by atoms with Crippen molar-refractivity contribution in [2.75, 3.05) is 40.9 Å². The molecule has 6 N–H and O–H groups in total. The predicted octanol–water partition coefficient (Wildman–Crippen LogP) is 1.36. The van der Waals surface area contributed by atoms with Crippen molar-refractivity contribution in [1.29, 1.82) is 0 Å². The number of carbonyl (C=O) groups excluding carboxylic acids is 9. The largest absolute Gasteiger partial charge is 0.497 e. The number of amides is 6. The van der Waals surface area contributed by atoms with E-state index in [2.05, 4.69) is 10.6 Å². The predicted molar refractivity (Wildman–Crippen MR) is 269 cm³/mol. The monoisotopic (exact) mass is 1030 g/mol. The van der Waals surface area contributed by atoms with E-state index in [1.807, 2.05) is 27.7 Å². The second-order valence-corrected chi connectivity index (χ2v) is 21.0. The van der Waals surface area contributed by atoms with Crippen molar-refractivity contribution in [2.45, 2.75) is 174 Å². The summed E-state index contributed by atoms with van der Waals surface area (Å²) in [5.41, 5.74) is 6.89. The Bertz CT molecular complexity index is 2050. The van der Waals surface area contributed by atoms with Crippen LogP contribution >= 0.6 is 0 Å². The lowest BCUT2D eigenvalue weighted by atomic mass is 9.95. The number of esters is 2. The van der Waals surface area contributed by atoms with Gasteiger partial charge in [-0.05, 0) is 86.8 Å². The van der Waals surface area contributed by atoms with Gasteiger partial charge in [0.25, 0.3) is 5.91 Å². The van der Waals surface area contributed by atoms with Crippen molar-refractivity contribution in [1.82, 2.24) is 30.2 Å². The van der Waals surface area contributed by atoms with E-state index in [-0.39, 0.29) is 49.5 Å². The van der Waals surface area contributed by atoms with E-state index in [0.29, 0.717) is 49.8 Å². The maximum atomic E-state index is 14.6. The number of rotatable bonds is 27. The number of ether oxygens (including phenoxy) is 3. The first kappa shape index (κ1) is 61.6. The number of aldehydes is 1. The van der Waals surface area contributed by atoms with E-state index in [1.165, 1.54) is 47.7 Å². The van der Waals surface area contributed by atoms with Gasteiger partial charge in [-0.2, -0.15) is 0 Å². The number of carbonyl (C=O) groups is 9. The number of hydrogen-bond donors (Lipinski definition) is 5. The Balaban J connectivity index is 2.05. The minimum absolute atomic E-state index is 0.0829. The van der Waals surface area contributed by atoms with Crippen LogP contribution in [0.25, 0.3) is 0 Å². The summed E-state index contributed by atoms with van der Waals surface area (Å²) in [6, 6.07) is -1.39. The van der Waals surface area contributed by atoms with Gasteiger partial charge in [-0.1, -0.05) is 67.5 Å². The highest BCUT2D eigenvalue weighted by Gasteiger charge is 2.43. The van der Waals surface area contributed by atoms with Crippen molar-refractivity contribution in [3.63, 3.8) is 0 Å². The van der Waals surface area contributed by atoms with E-state index >= 15 is 0 Å². The molecule has 21 heteroatoms. The number of likely N-dealkylation sites (tertiary alicyclic amines) is 2. The fourth-order valence-corrected chi connectivity index (χ4v) is 9.17. The van der Waals surface area contributed by atoms with Crippen LogP contribution in [0.5, 0.6) is 5.75 Å². The van der Waals surface area contributed by atoms with Crippen LogP contribution in [0.4, 0.5) is 0 Å². The highest BCUT2D eigenvalue weighted by Crippen LogP contribution is 2.26. The molecule has 0 aliphatic carbocycles. The van der Waals surface area contributed by atoms with Gasteiger partial charge in [0.2, 0.25) is 29.5 Å². The number of methoxy groups -OCH3 is 1. The van der Waals surface area contributed by atoms with Crippen molar-refractivity contribution in [2.24, 2.45) is 29.4 Å². The molecule has 10 atom stereocenters. The number of aliphatic hydroxyl groups excluding tert-OH is 2. The molecule has 2 fully saturated rings. The zero-order valence-corrected chi connectivity index (χ0v) is 44.9. The molecule has 1 aromatic rings. The molecule has 0 spiro atoms. The SMILES string of the molecule is COc1ccc(C[C@@H](C(=O)OC[C@H](NC(=O)[C@@H](CC(C)C)N(C)C(=O)[C@@H]2CCCN2C(=O)[C@H](C)O)C(=O)N[C@H](C(C)C)[C@@H](O)CC(=O)O[C@H](C=O)C(C)C)N(C)C(=O)[C@@H]2CCCN2C(=O)[C@@H](N)CC(C)C)cc1. The lowest BCUT2D eigenvalue weighted by Crippen LogP contribution is -2.60. The Morgan fingerprint density at radius 2 is 1.29 bits per heavy atom. The molecule has 0 unspecified atom stereocenters. The molecule has 21 nitrogen and oxygen atoms in total. The van der Waals surface area contributed by atoms with Crippen LogP contribution in [0.15, 0.2) is 24.3 Å². The second kappa shape index (κ2) is 28.7. The Hall–Kier alpha value is -5.67. The van der Waals surface area contributed by atoms with Crippen molar-refractivity contribution in [3.8, 4) is 5.75 Å². The van der Waals surface area contributed by atoms with Gasteiger partial charge in [0.15, 0.2) is 12.4 Å². The van der Waals surface area contributed by atoms with Crippen molar-refractivity contribution >= 4 is 53.7 Å². The number of benzene rings is 1. The van der Waals surface area contributed by atoms with Crippen LogP contribution in [-0.2, 0) is 59.0 Å². The molecule has 2 heterocycles. The number of nitrogens with one attached hydrogen (secondary N) is 2. The van der Waals surface area contributed by atoms with Gasteiger partial charge in [0.05, 0.1) is 31.7 Å². The smallest absolute Gasteiger partial charge is 0.329 e. The first-order valence-corrected chi connectivity index (χ1v) is 25.5. The molecule has 0 aromatic heterocycles. The molecule has 2 aliphatic rings. The van der Waals surface area contributed by atoms with E-state index in [9.17, 15) is 53.4 Å². The molecule has 0 radical (unpaired) electrons. The first-order valence-electron chi connectivity index (χ1n) is 25.5. The standard InChI is InChI=1S/C52H83N7O14/c1-29(2)23-36(53)49(67)59-22-14-16-39(59)51(69)57(11)41(25-34-17-19-35(71-12)20-18-34)52(70)72-28-37(46(64)55-45(32(7)8)42(62)26-44(63)73-43(27-60)31(5)6)54-47(65)40(24-30(3)4)56(10)50(68)38-15-13-21-58(38)48(66)33(9)61/h17-20,27,29-33,36-43,45,61-62H,13-16,21-26,28,53H2,1-12H3,(H,54,65)(H,55,64)/t33-,36-,37-,38-,39-,40+,41-,42-,43+,45+/m0/s1. The number of hydrogen-bond acceptors (Lipinski definition) is 15. The Morgan fingerprint density at radius 1 is 0.753 bits per heavy atom. The second-order valence-electron chi connectivity index (χ2n) is 21.0. The molecule has 3 rings (SSSR count). The maximum Gasteiger partial charge on any atom is 0.329 e. The molecule has 2 saturated heterocycles. The van der Waals surface area contributed by atoms with Crippen LogP contribution in [0.2, 0.25) is 0 Å². The van der Waals surface area contributed by atoms with Gasteiger partial charge >= 0.3 is 11.9 Å². The maximum absolute atomic E-state index is 14.6. The summed E-state index contributed by atoms with van der Waals surface area (Å²) in [6.45, 7) is 15.2. The van der Waals surface area contributed by atoms with Crippen LogP contribution in [0, 0.1) is 23.7 Å². The summed E-state index contributed by atoms with van der Waals surface area (Å²) in [5, 5.41) is 26.8. The van der Waals surface area contributed by atoms with E-state index in [0.717, 1.165) is 0 Å². The molecule has 0 saturated carbocycles. The van der Waals surface area contributed by atoms with Crippen LogP contribution in [0.3, 0.4) is 0 Å². The summed E-state index contributed by atoms with van der Waals surface area (Å²) in [6.07, 6.45) is -2.11. The lowest BCUT2D eigenvalue weighted by Gasteiger charge is -2.35. The van der Waals surface area contributed by atoms with Crippen LogP contribution in [-0.4, -0.2) is 185 Å². The minimum atomic E-state index is -1.71. The minimum Gasteiger partial charge on any atom is -0.497 e. The van der Waals surface area contributed by atoms with Crippen molar-refractivity contribution in [3.05, 3.63) is 29.8 Å². The van der Waals surface area contributed by atoms with Crippen molar-refractivity contribution < 1.29 is 67.6 Å². The highest BCUT2D eigenvalue weighted by atomic mass is 16.5. The molecule has 73 heavy (non-hydrogen) atoms. The molecule has 1 aromatic carbocycles. The molecular weight excluding hydrogens is 947 g/mol. The molecular formula is C52H83N7O14. The van der Waals surface area contributed by atoms with Crippen LogP contribution < -0.4 is 21.1 Å². The van der Waals surface area contributed by atoms with Gasteiger partial charge in [-0.25, -0.2) is 4.79 Å². The van der Waals surface area contributed by atoms with Gasteiger partial charge in [0.1, 0.15) is 48.7 Å². The third kappa shape index (κ3) is 17.5. The average Bonchev–Trinajstić information content (AvgIpc) is 4.04. The van der Waals surface area contributed by atoms with E-state index in [4.69, 9.17) is 19.9 Å². The van der Waals surface area contributed by atoms with Gasteiger partial charge in [-0.15, -0.1) is 0 Å². The van der Waals surface area contributed by atoms with Crippen LogP contribution in [0.1, 0.15) is 113 Å². The number of aliphatic hydroxyl groups is 2. The van der Waals surface area contributed by atoms with E-state index in [1.54, 1.807) is 52.0 Å². The summed E-state index contributed by atoms with van der Waals surface area (Å²) in [7, 11) is 4.32. The number of nitrogens with two attached hydrogens (primary N) is 1. The molecule has 410 valence electrons. The Labute approximate surface area is 430 Å². The fourth-order valence-electron chi connectivity index (χ4n) is 9.17. The molecule has 2 aliphatic heterocycles. The zero-order chi connectivity index (χ0) is 55.0. The van der Waals surface area contributed by atoms with Gasteiger partial charge < -0.3 is 60.4 Å². The van der Waals surface area contributed by atoms with Gasteiger partial charge in [-0.3, -0.25) is 38.4 Å². The lowest BCUT2D eigenvalue weighted by molar-refractivity contribution is -0.158. The summed E-state index contributed by atoms with van der Waals surface area (Å²) >= 11 is 0. The quantitative estimate of drug-likeness (QED) is 0.0615. The third-order valence-corrected chi connectivity index (χ3v) is 13.4. The topological polar surface area (TPSA) is 285 Å². The fraction of sp³-hybridized carbons (Fsp3) is 0.712. The van der Waals surface area contributed by atoms with Gasteiger partial charge in [0, 0.05) is 33.6 Å². The zero-order valence-electron chi connectivity index (χ0n) is 44.9. The number of nitrogens with zero attached hydrogens (tertiary/aromatic N) is 4. The summed E-state index contributed by atoms with van der Waals surface area (Å²) in [5.74, 6) is -6.18. The average molecular weight is 1030 g/mol. The molecule has 0 bridgehead atoms. The third-order valence-electron chi connectivity index (χ3n) is 13.4. The normalized spacial score (nSPS) is 19.1. The molecule has 6 amide bonds. The highest BCUT2D eigenvalue weighted by molar-refractivity contribution is 5.96. The summed E-state index contributed by atoms with van der Waals surface area (Å²) in [4.78, 5) is 128. The first-order chi connectivity index (χ1) is 34.2. The van der Waals surface area contributed by atoms with E-state index < -0.39 is 121 Å².